The first kappa shape index (κ1) is 23.2. The molecule has 35 heavy (non-hydrogen) atoms. The van der Waals surface area contributed by atoms with E-state index in [2.05, 4.69) is 56.3 Å². The van der Waals surface area contributed by atoms with Crippen molar-refractivity contribution in [1.29, 1.82) is 0 Å². The summed E-state index contributed by atoms with van der Waals surface area (Å²) in [5, 5.41) is 23.3. The molecule has 4 heterocycles. The minimum Gasteiger partial charge on any atom is -0.507 e. The number of phenolic OH excluding ortho intramolecular Hbond substituents is 1. The van der Waals surface area contributed by atoms with Gasteiger partial charge in [-0.05, 0) is 51.7 Å². The van der Waals surface area contributed by atoms with Crippen molar-refractivity contribution in [3.8, 4) is 40.2 Å². The quantitative estimate of drug-likeness (QED) is 0.548. The molecule has 10 nitrogen and oxygen atoms in total. The Hall–Kier alpha value is -3.53. The molecule has 2 N–H and O–H groups in total. The number of aromatic hydroxyl groups is 1. The minimum absolute atomic E-state index is 0.0257. The van der Waals surface area contributed by atoms with Crippen molar-refractivity contribution in [2.24, 2.45) is 0 Å². The molecule has 0 amide bonds. The third-order valence-corrected chi connectivity index (χ3v) is 7.29. The second kappa shape index (κ2) is 8.60. The average molecular weight is 478 g/mol. The zero-order valence-electron chi connectivity index (χ0n) is 20.7. The third-order valence-electron chi connectivity index (χ3n) is 7.29. The Balaban J connectivity index is 1.35. The molecule has 3 aromatic rings. The highest BCUT2D eigenvalue weighted by atomic mass is 16.5. The van der Waals surface area contributed by atoms with Gasteiger partial charge in [0.15, 0.2) is 11.6 Å². The van der Waals surface area contributed by atoms with Crippen molar-refractivity contribution in [1.82, 2.24) is 30.5 Å². The van der Waals surface area contributed by atoms with Crippen LogP contribution in [0.4, 0.5) is 5.82 Å². The highest BCUT2D eigenvalue weighted by Crippen LogP contribution is 2.43. The number of phenols is 1. The first-order chi connectivity index (χ1) is 16.7. The number of aromatic nitrogens is 5. The zero-order chi connectivity index (χ0) is 24.8. The molecule has 0 spiro atoms. The maximum Gasteiger partial charge on any atom is 0.278 e. The van der Waals surface area contributed by atoms with Crippen LogP contribution in [0.3, 0.4) is 0 Å². The molecule has 0 unspecified atom stereocenters. The smallest absolute Gasteiger partial charge is 0.278 e. The van der Waals surface area contributed by atoms with E-state index in [1.54, 1.807) is 24.5 Å². The summed E-state index contributed by atoms with van der Waals surface area (Å²) in [4.78, 5) is 15.3. The van der Waals surface area contributed by atoms with Gasteiger partial charge >= 0.3 is 0 Å². The molecule has 0 radical (unpaired) electrons. The Morgan fingerprint density at radius 3 is 2.31 bits per heavy atom. The molecule has 184 valence electrons. The fourth-order valence-electron chi connectivity index (χ4n) is 5.49. The molecule has 1 aromatic carbocycles. The van der Waals surface area contributed by atoms with Gasteiger partial charge in [0.1, 0.15) is 5.75 Å². The van der Waals surface area contributed by atoms with Gasteiger partial charge in [0.2, 0.25) is 0 Å². The van der Waals surface area contributed by atoms with E-state index in [9.17, 15) is 5.11 Å². The lowest BCUT2D eigenvalue weighted by atomic mass is 9.84. The van der Waals surface area contributed by atoms with Crippen molar-refractivity contribution < 1.29 is 14.6 Å². The van der Waals surface area contributed by atoms with E-state index < -0.39 is 0 Å². The number of fused-ring (bicyclic) bond motifs is 2. The summed E-state index contributed by atoms with van der Waals surface area (Å²) in [6.07, 6.45) is 7.80. The van der Waals surface area contributed by atoms with Crippen LogP contribution in [0.2, 0.25) is 0 Å². The van der Waals surface area contributed by atoms with Crippen molar-refractivity contribution in [2.75, 3.05) is 26.2 Å². The number of ether oxygens (including phenoxy) is 2. The van der Waals surface area contributed by atoms with Crippen LogP contribution in [0.25, 0.3) is 22.6 Å². The number of anilines is 1. The maximum absolute atomic E-state index is 10.7. The van der Waals surface area contributed by atoms with Crippen LogP contribution in [0, 0.1) is 0 Å². The monoisotopic (exact) mass is 477 g/mol. The van der Waals surface area contributed by atoms with Crippen molar-refractivity contribution in [2.45, 2.75) is 56.7 Å². The summed E-state index contributed by atoms with van der Waals surface area (Å²) >= 11 is 0. The normalized spacial score (nSPS) is 25.3. The number of methoxy groups -OCH3 is 2. The second-order valence-electron chi connectivity index (χ2n) is 10.1. The van der Waals surface area contributed by atoms with Gasteiger partial charge in [-0.2, -0.15) is 0 Å². The predicted octanol–water partition coefficient (Wildman–Crippen LogP) is 3.22. The van der Waals surface area contributed by atoms with Crippen molar-refractivity contribution >= 4 is 5.82 Å². The van der Waals surface area contributed by atoms with Gasteiger partial charge < -0.3 is 24.8 Å². The molecule has 5 rings (SSSR count). The molecular formula is C25H31N7O3. The molecular weight excluding hydrogens is 446 g/mol. The number of benzene rings is 1. The molecule has 0 saturated carbocycles. The Bertz CT molecular complexity index is 1220. The number of piperidine rings is 1. The van der Waals surface area contributed by atoms with Gasteiger partial charge in [-0.1, -0.05) is 6.07 Å². The minimum atomic E-state index is 0.0257. The lowest BCUT2D eigenvalue weighted by molar-refractivity contribution is 0.207. The second-order valence-corrected chi connectivity index (χ2v) is 10.1. The van der Waals surface area contributed by atoms with E-state index in [4.69, 9.17) is 9.47 Å². The van der Waals surface area contributed by atoms with Crippen LogP contribution in [-0.2, 0) is 0 Å². The Morgan fingerprint density at radius 2 is 1.71 bits per heavy atom. The van der Waals surface area contributed by atoms with Crippen LogP contribution in [-0.4, -0.2) is 68.6 Å². The van der Waals surface area contributed by atoms with Gasteiger partial charge in [0, 0.05) is 29.7 Å². The number of hydrogen-bond acceptors (Lipinski definition) is 10. The average Bonchev–Trinajstić information content (AvgIpc) is 3.09. The highest BCUT2D eigenvalue weighted by Gasteiger charge is 2.49. The first-order valence-electron chi connectivity index (χ1n) is 11.7. The standard InChI is InChI=1S/C25H31N7O3/c1-24-8-9-25(2,31-24)12-16(11-24)32(3)20-14-26-21(30-29-20)17-7-6-15(10-19(17)33)18-13-27-22(34-4)23(28-18)35-5/h6-7,10,13-14,16,31,33H,8-9,11-12H2,1-5H3/t16-,24-,25+. The number of hydrogen-bond donors (Lipinski definition) is 2. The topological polar surface area (TPSA) is 118 Å². The fraction of sp³-hybridized carbons (Fsp3) is 0.480. The van der Waals surface area contributed by atoms with Gasteiger partial charge in [-0.15, -0.1) is 10.2 Å². The Kier molecular flexibility index (Phi) is 5.71. The lowest BCUT2D eigenvalue weighted by Crippen LogP contribution is -2.58. The van der Waals surface area contributed by atoms with Crippen LogP contribution < -0.4 is 19.7 Å². The van der Waals surface area contributed by atoms with Crippen LogP contribution in [0.5, 0.6) is 17.5 Å². The molecule has 2 aromatic heterocycles. The summed E-state index contributed by atoms with van der Waals surface area (Å²) < 4.78 is 10.4. The molecule has 2 saturated heterocycles. The van der Waals surface area contributed by atoms with Crippen LogP contribution in [0.15, 0.2) is 30.6 Å². The SMILES string of the molecule is COc1ncc(-c2ccc(-c3ncc(N(C)[C@H]4C[C@]5(C)CC[C@](C)(C4)N5)nn3)c(O)c2)nc1OC. The van der Waals surface area contributed by atoms with Crippen molar-refractivity contribution in [3.63, 3.8) is 0 Å². The van der Waals surface area contributed by atoms with Crippen molar-refractivity contribution in [3.05, 3.63) is 30.6 Å². The first-order valence-corrected chi connectivity index (χ1v) is 11.7. The van der Waals surface area contributed by atoms with E-state index in [1.807, 2.05) is 6.07 Å². The highest BCUT2D eigenvalue weighted by molar-refractivity contribution is 5.71. The van der Waals surface area contributed by atoms with Gasteiger partial charge in [-0.3, -0.25) is 0 Å². The summed E-state index contributed by atoms with van der Waals surface area (Å²) in [5.41, 5.74) is 2.03. The third kappa shape index (κ3) is 4.34. The van der Waals surface area contributed by atoms with E-state index in [0.717, 1.165) is 18.7 Å². The van der Waals surface area contributed by atoms with Gasteiger partial charge in [-0.25, -0.2) is 15.0 Å². The molecule has 2 bridgehead atoms. The Labute approximate surface area is 204 Å². The van der Waals surface area contributed by atoms with Crippen LogP contribution in [0.1, 0.15) is 39.5 Å². The number of rotatable bonds is 6. The van der Waals surface area contributed by atoms with E-state index in [1.165, 1.54) is 27.1 Å². The van der Waals surface area contributed by atoms with Gasteiger partial charge in [0.25, 0.3) is 11.8 Å². The summed E-state index contributed by atoms with van der Waals surface area (Å²) in [5.74, 6) is 1.67. The largest absolute Gasteiger partial charge is 0.507 e. The summed E-state index contributed by atoms with van der Waals surface area (Å²) in [6, 6.07) is 5.53. The molecule has 2 fully saturated rings. The van der Waals surface area contributed by atoms with E-state index >= 15 is 0 Å². The lowest BCUT2D eigenvalue weighted by Gasteiger charge is -2.45. The fourth-order valence-corrected chi connectivity index (χ4v) is 5.49. The van der Waals surface area contributed by atoms with E-state index in [0.29, 0.717) is 34.6 Å². The summed E-state index contributed by atoms with van der Waals surface area (Å²) in [7, 11) is 5.06. The molecule has 2 aliphatic rings. The Morgan fingerprint density at radius 1 is 1.00 bits per heavy atom. The molecule has 2 aliphatic heterocycles. The zero-order valence-corrected chi connectivity index (χ0v) is 20.7. The molecule has 0 aliphatic carbocycles. The molecule has 3 atom stereocenters. The number of nitrogens with zero attached hydrogens (tertiary/aromatic N) is 6. The van der Waals surface area contributed by atoms with E-state index in [-0.39, 0.29) is 22.7 Å². The van der Waals surface area contributed by atoms with Crippen LogP contribution >= 0.6 is 0 Å². The number of nitrogens with one attached hydrogen (secondary N) is 1. The maximum atomic E-state index is 10.7. The molecule has 10 heteroatoms. The predicted molar refractivity (Wildman–Crippen MR) is 132 cm³/mol. The summed E-state index contributed by atoms with van der Waals surface area (Å²) in [6.45, 7) is 4.62. The van der Waals surface area contributed by atoms with Gasteiger partial charge in [0.05, 0.1) is 37.9 Å².